The molecule has 1 aromatic heterocycles. The maximum Gasteiger partial charge on any atom is 0.261 e. The van der Waals surface area contributed by atoms with E-state index >= 15 is 0 Å². The summed E-state index contributed by atoms with van der Waals surface area (Å²) >= 11 is 1.58. The fraction of sp³-hybridized carbons (Fsp3) is 0.583. The Bertz CT molecular complexity index is 336. The fourth-order valence-electron chi connectivity index (χ4n) is 1.46. The molecule has 2 N–H and O–H groups in total. The number of nitrogens with one attached hydrogen (secondary N) is 2. The molecule has 16 heavy (non-hydrogen) atoms. The summed E-state index contributed by atoms with van der Waals surface area (Å²) in [4.78, 5) is 13.8. The highest BCUT2D eigenvalue weighted by Crippen LogP contribution is 2.16. The van der Waals surface area contributed by atoms with Crippen molar-refractivity contribution in [1.82, 2.24) is 10.6 Å². The van der Waals surface area contributed by atoms with Crippen LogP contribution in [0.15, 0.2) is 12.1 Å². The summed E-state index contributed by atoms with van der Waals surface area (Å²) in [5.74, 6) is 0.507. The van der Waals surface area contributed by atoms with Gasteiger partial charge in [0, 0.05) is 11.4 Å². The van der Waals surface area contributed by atoms with E-state index in [1.807, 2.05) is 19.2 Å². The van der Waals surface area contributed by atoms with Crippen LogP contribution < -0.4 is 10.6 Å². The monoisotopic (exact) mass is 240 g/mol. The molecule has 0 fully saturated rings. The van der Waals surface area contributed by atoms with E-state index in [-0.39, 0.29) is 5.91 Å². The summed E-state index contributed by atoms with van der Waals surface area (Å²) in [5.41, 5.74) is 0. The number of carbonyl (C=O) groups is 1. The van der Waals surface area contributed by atoms with Crippen molar-refractivity contribution in [2.75, 3.05) is 20.1 Å². The van der Waals surface area contributed by atoms with Crippen molar-refractivity contribution >= 4 is 17.2 Å². The van der Waals surface area contributed by atoms with E-state index in [9.17, 15) is 4.79 Å². The standard InChI is InChI=1S/C12H20N2OS/c1-4-10-5-6-11(16-10)12(15)14-8-9(2)7-13-3/h5-6,9,13H,4,7-8H2,1-3H3,(H,14,15). The second-order valence-corrected chi connectivity index (χ2v) is 5.16. The average molecular weight is 240 g/mol. The van der Waals surface area contributed by atoms with Gasteiger partial charge in [0.05, 0.1) is 4.88 Å². The van der Waals surface area contributed by atoms with Gasteiger partial charge in [-0.15, -0.1) is 11.3 Å². The zero-order chi connectivity index (χ0) is 12.0. The van der Waals surface area contributed by atoms with Crippen LogP contribution in [-0.2, 0) is 6.42 Å². The molecule has 0 bridgehead atoms. The largest absolute Gasteiger partial charge is 0.351 e. The molecule has 90 valence electrons. The molecule has 3 nitrogen and oxygen atoms in total. The van der Waals surface area contributed by atoms with Crippen LogP contribution in [0.3, 0.4) is 0 Å². The van der Waals surface area contributed by atoms with Gasteiger partial charge in [-0.3, -0.25) is 4.79 Å². The summed E-state index contributed by atoms with van der Waals surface area (Å²) in [5, 5.41) is 6.05. The molecule has 0 aliphatic carbocycles. The van der Waals surface area contributed by atoms with Gasteiger partial charge < -0.3 is 10.6 Å². The number of hydrogen-bond donors (Lipinski definition) is 2. The minimum absolute atomic E-state index is 0.0488. The number of carbonyl (C=O) groups excluding carboxylic acids is 1. The van der Waals surface area contributed by atoms with Gasteiger partial charge in [0.2, 0.25) is 0 Å². The third-order valence-corrected chi connectivity index (χ3v) is 3.63. The van der Waals surface area contributed by atoms with E-state index in [1.54, 1.807) is 11.3 Å². The average Bonchev–Trinajstić information content (AvgIpc) is 2.75. The van der Waals surface area contributed by atoms with Crippen molar-refractivity contribution < 1.29 is 4.79 Å². The maximum absolute atomic E-state index is 11.8. The second-order valence-electron chi connectivity index (χ2n) is 3.99. The van der Waals surface area contributed by atoms with E-state index < -0.39 is 0 Å². The molecule has 1 aromatic rings. The minimum Gasteiger partial charge on any atom is -0.351 e. The molecule has 0 aliphatic heterocycles. The lowest BCUT2D eigenvalue weighted by atomic mass is 10.2. The molecular formula is C12H20N2OS. The van der Waals surface area contributed by atoms with Crippen LogP contribution >= 0.6 is 11.3 Å². The van der Waals surface area contributed by atoms with E-state index in [4.69, 9.17) is 0 Å². The Labute approximate surface area is 101 Å². The second kappa shape index (κ2) is 6.66. The van der Waals surface area contributed by atoms with Crippen molar-refractivity contribution in [3.05, 3.63) is 21.9 Å². The quantitative estimate of drug-likeness (QED) is 0.797. The third kappa shape index (κ3) is 3.94. The van der Waals surface area contributed by atoms with Crippen LogP contribution in [0.25, 0.3) is 0 Å². The van der Waals surface area contributed by atoms with Crippen LogP contribution in [0, 0.1) is 5.92 Å². The van der Waals surface area contributed by atoms with Gasteiger partial charge in [-0.1, -0.05) is 13.8 Å². The van der Waals surface area contributed by atoms with E-state index in [0.29, 0.717) is 5.92 Å². The molecule has 0 aliphatic rings. The molecule has 0 aromatic carbocycles. The van der Waals surface area contributed by atoms with Gasteiger partial charge in [0.25, 0.3) is 5.91 Å². The van der Waals surface area contributed by atoms with Gasteiger partial charge in [0.1, 0.15) is 0 Å². The van der Waals surface area contributed by atoms with Crippen molar-refractivity contribution in [3.63, 3.8) is 0 Å². The molecule has 0 saturated carbocycles. The Hall–Kier alpha value is -0.870. The number of hydrogen-bond acceptors (Lipinski definition) is 3. The lowest BCUT2D eigenvalue weighted by molar-refractivity contribution is 0.0952. The summed E-state index contributed by atoms with van der Waals surface area (Å²) in [7, 11) is 1.92. The zero-order valence-electron chi connectivity index (χ0n) is 10.2. The van der Waals surface area contributed by atoms with Crippen molar-refractivity contribution in [1.29, 1.82) is 0 Å². The van der Waals surface area contributed by atoms with Crippen molar-refractivity contribution in [3.8, 4) is 0 Å². The summed E-state index contributed by atoms with van der Waals surface area (Å²) in [6.45, 7) is 5.86. The number of thiophene rings is 1. The molecule has 0 spiro atoms. The predicted molar refractivity (Wildman–Crippen MR) is 69.1 cm³/mol. The maximum atomic E-state index is 11.8. The lowest BCUT2D eigenvalue weighted by Crippen LogP contribution is -2.31. The van der Waals surface area contributed by atoms with Crippen molar-refractivity contribution in [2.24, 2.45) is 5.92 Å². The van der Waals surface area contributed by atoms with Gasteiger partial charge in [-0.05, 0) is 38.1 Å². The first-order valence-electron chi connectivity index (χ1n) is 5.68. The summed E-state index contributed by atoms with van der Waals surface area (Å²) < 4.78 is 0. The van der Waals surface area contributed by atoms with Gasteiger partial charge >= 0.3 is 0 Å². The normalized spacial score (nSPS) is 12.4. The molecule has 1 rings (SSSR count). The Kier molecular flexibility index (Phi) is 5.49. The van der Waals surface area contributed by atoms with Crippen LogP contribution in [-0.4, -0.2) is 26.0 Å². The third-order valence-electron chi connectivity index (χ3n) is 2.40. The molecular weight excluding hydrogens is 220 g/mol. The molecule has 1 unspecified atom stereocenters. The predicted octanol–water partition coefficient (Wildman–Crippen LogP) is 1.90. The zero-order valence-corrected chi connectivity index (χ0v) is 11.0. The van der Waals surface area contributed by atoms with Crippen LogP contribution in [0.2, 0.25) is 0 Å². The minimum atomic E-state index is 0.0488. The molecule has 4 heteroatoms. The van der Waals surface area contributed by atoms with E-state index in [2.05, 4.69) is 24.5 Å². The Morgan fingerprint density at radius 3 is 2.75 bits per heavy atom. The Morgan fingerprint density at radius 1 is 1.44 bits per heavy atom. The molecule has 0 radical (unpaired) electrons. The first-order valence-corrected chi connectivity index (χ1v) is 6.50. The van der Waals surface area contributed by atoms with Gasteiger partial charge in [0.15, 0.2) is 0 Å². The van der Waals surface area contributed by atoms with Crippen LogP contribution in [0.5, 0.6) is 0 Å². The highest BCUT2D eigenvalue weighted by molar-refractivity contribution is 7.14. The van der Waals surface area contributed by atoms with Gasteiger partial charge in [-0.2, -0.15) is 0 Å². The molecule has 0 saturated heterocycles. The molecule has 1 atom stereocenters. The van der Waals surface area contributed by atoms with E-state index in [0.717, 1.165) is 24.4 Å². The number of amides is 1. The Balaban J connectivity index is 2.40. The first kappa shape index (κ1) is 13.2. The molecule has 1 amide bonds. The summed E-state index contributed by atoms with van der Waals surface area (Å²) in [6.07, 6.45) is 0.994. The highest BCUT2D eigenvalue weighted by atomic mass is 32.1. The van der Waals surface area contributed by atoms with Crippen LogP contribution in [0.1, 0.15) is 28.4 Å². The van der Waals surface area contributed by atoms with Gasteiger partial charge in [-0.25, -0.2) is 0 Å². The fourth-order valence-corrected chi connectivity index (χ4v) is 2.33. The van der Waals surface area contributed by atoms with E-state index in [1.165, 1.54) is 4.88 Å². The summed E-state index contributed by atoms with van der Waals surface area (Å²) in [6, 6.07) is 3.93. The molecule has 1 heterocycles. The Morgan fingerprint density at radius 2 is 2.19 bits per heavy atom. The topological polar surface area (TPSA) is 41.1 Å². The first-order chi connectivity index (χ1) is 7.67. The SMILES string of the molecule is CCc1ccc(C(=O)NCC(C)CNC)s1. The van der Waals surface area contributed by atoms with Crippen molar-refractivity contribution in [2.45, 2.75) is 20.3 Å². The lowest BCUT2D eigenvalue weighted by Gasteiger charge is -2.11. The number of rotatable bonds is 6. The highest BCUT2D eigenvalue weighted by Gasteiger charge is 2.09. The smallest absolute Gasteiger partial charge is 0.261 e. The number of aryl methyl sites for hydroxylation is 1. The van der Waals surface area contributed by atoms with Crippen LogP contribution in [0.4, 0.5) is 0 Å².